The molecule has 0 bridgehead atoms. The molecule has 0 aromatic heterocycles. The van der Waals surface area contributed by atoms with Crippen molar-refractivity contribution in [3.8, 4) is 5.75 Å². The molecule has 1 saturated heterocycles. The Morgan fingerprint density at radius 2 is 2.17 bits per heavy atom. The number of fused-ring (bicyclic) bond motifs is 2. The fourth-order valence-electron chi connectivity index (χ4n) is 3.36. The van der Waals surface area contributed by atoms with Crippen molar-refractivity contribution >= 4 is 27.7 Å². The van der Waals surface area contributed by atoms with Crippen molar-refractivity contribution < 1.29 is 18.7 Å². The molecule has 0 spiro atoms. The molecule has 2 aliphatic heterocycles. The molecule has 3 aliphatic rings. The molecule has 23 heavy (non-hydrogen) atoms. The van der Waals surface area contributed by atoms with E-state index in [0.29, 0.717) is 28.6 Å². The van der Waals surface area contributed by atoms with Crippen LogP contribution >= 0.6 is 15.9 Å². The number of benzene rings is 1. The summed E-state index contributed by atoms with van der Waals surface area (Å²) in [6.07, 6.45) is 6.11. The SMILES string of the molecule is O=C1C2=CC=CCC2C(=O)N1CC1Cc2cc(F)cc(Br)c2O1. The van der Waals surface area contributed by atoms with E-state index in [1.807, 2.05) is 12.2 Å². The number of hydrogen-bond acceptors (Lipinski definition) is 3. The van der Waals surface area contributed by atoms with Crippen LogP contribution in [0.4, 0.5) is 4.39 Å². The number of hydrogen-bond donors (Lipinski definition) is 0. The van der Waals surface area contributed by atoms with Crippen molar-refractivity contribution in [2.45, 2.75) is 18.9 Å². The highest BCUT2D eigenvalue weighted by atomic mass is 79.9. The molecule has 4 nitrogen and oxygen atoms in total. The van der Waals surface area contributed by atoms with E-state index < -0.39 is 0 Å². The Morgan fingerprint density at radius 1 is 1.35 bits per heavy atom. The number of ether oxygens (including phenoxy) is 1. The molecule has 2 atom stereocenters. The second-order valence-corrected chi connectivity index (χ2v) is 6.77. The Morgan fingerprint density at radius 3 is 2.96 bits per heavy atom. The van der Waals surface area contributed by atoms with E-state index in [1.54, 1.807) is 6.08 Å². The lowest BCUT2D eigenvalue weighted by Crippen LogP contribution is -2.39. The highest BCUT2D eigenvalue weighted by Crippen LogP contribution is 2.38. The number of halogens is 2. The Bertz CT molecular complexity index is 786. The van der Waals surface area contributed by atoms with Crippen molar-refractivity contribution in [3.05, 3.63) is 51.8 Å². The van der Waals surface area contributed by atoms with Crippen LogP contribution in [0.2, 0.25) is 0 Å². The van der Waals surface area contributed by atoms with E-state index in [0.717, 1.165) is 5.56 Å². The minimum absolute atomic E-state index is 0.171. The number of carbonyl (C=O) groups excluding carboxylic acids is 2. The lowest BCUT2D eigenvalue weighted by molar-refractivity contribution is -0.140. The van der Waals surface area contributed by atoms with E-state index in [9.17, 15) is 14.0 Å². The largest absolute Gasteiger partial charge is 0.487 e. The lowest BCUT2D eigenvalue weighted by Gasteiger charge is -2.19. The van der Waals surface area contributed by atoms with Gasteiger partial charge < -0.3 is 4.74 Å². The number of amides is 2. The summed E-state index contributed by atoms with van der Waals surface area (Å²) in [4.78, 5) is 26.1. The lowest BCUT2D eigenvalue weighted by atomic mass is 9.94. The quantitative estimate of drug-likeness (QED) is 0.744. The van der Waals surface area contributed by atoms with Crippen LogP contribution in [0.25, 0.3) is 0 Å². The average Bonchev–Trinajstić information content (AvgIpc) is 3.03. The predicted molar refractivity (Wildman–Crippen MR) is 84.3 cm³/mol. The summed E-state index contributed by atoms with van der Waals surface area (Å²) < 4.78 is 19.8. The third-order valence-electron chi connectivity index (χ3n) is 4.42. The maximum absolute atomic E-state index is 13.5. The molecule has 1 fully saturated rings. The molecular formula is C17H13BrFNO3. The summed E-state index contributed by atoms with van der Waals surface area (Å²) in [5, 5.41) is 0. The van der Waals surface area contributed by atoms with Gasteiger partial charge in [-0.05, 0) is 34.5 Å². The van der Waals surface area contributed by atoms with Gasteiger partial charge in [0.25, 0.3) is 5.91 Å². The van der Waals surface area contributed by atoms with E-state index in [-0.39, 0.29) is 36.2 Å². The second kappa shape index (κ2) is 5.30. The van der Waals surface area contributed by atoms with Gasteiger partial charge in [-0.1, -0.05) is 18.2 Å². The van der Waals surface area contributed by atoms with Crippen LogP contribution < -0.4 is 4.74 Å². The van der Waals surface area contributed by atoms with Crippen LogP contribution in [0, 0.1) is 11.7 Å². The van der Waals surface area contributed by atoms with Gasteiger partial charge >= 0.3 is 0 Å². The fraction of sp³-hybridized carbons (Fsp3) is 0.294. The van der Waals surface area contributed by atoms with Crippen molar-refractivity contribution in [2.24, 2.45) is 5.92 Å². The highest BCUT2D eigenvalue weighted by Gasteiger charge is 2.44. The van der Waals surface area contributed by atoms with Crippen LogP contribution in [0.15, 0.2) is 40.4 Å². The Hall–Kier alpha value is -1.95. The number of rotatable bonds is 2. The number of carbonyl (C=O) groups is 2. The van der Waals surface area contributed by atoms with Gasteiger partial charge in [0.05, 0.1) is 16.9 Å². The molecule has 1 aromatic carbocycles. The molecule has 4 rings (SSSR count). The third kappa shape index (κ3) is 2.32. The summed E-state index contributed by atoms with van der Waals surface area (Å²) >= 11 is 3.28. The number of likely N-dealkylation sites (tertiary alicyclic amines) is 1. The second-order valence-electron chi connectivity index (χ2n) is 5.91. The molecule has 2 amide bonds. The number of imide groups is 1. The normalized spacial score (nSPS) is 25.3. The van der Waals surface area contributed by atoms with Gasteiger partial charge in [-0.15, -0.1) is 0 Å². The number of nitrogens with zero attached hydrogens (tertiary/aromatic N) is 1. The summed E-state index contributed by atoms with van der Waals surface area (Å²) in [7, 11) is 0. The van der Waals surface area contributed by atoms with E-state index in [1.165, 1.54) is 17.0 Å². The Kier molecular flexibility index (Phi) is 3.37. The van der Waals surface area contributed by atoms with E-state index >= 15 is 0 Å². The van der Waals surface area contributed by atoms with E-state index in [4.69, 9.17) is 4.74 Å². The molecule has 6 heteroatoms. The highest BCUT2D eigenvalue weighted by molar-refractivity contribution is 9.10. The summed E-state index contributed by atoms with van der Waals surface area (Å²) in [5.74, 6) is -0.519. The standard InChI is InChI=1S/C17H13BrFNO3/c18-14-7-10(19)5-9-6-11(23-15(9)14)8-20-16(21)12-3-1-2-4-13(12)17(20)22/h1-3,5,7,11,13H,4,6,8H2. The monoisotopic (exact) mass is 377 g/mol. The van der Waals surface area contributed by atoms with E-state index in [2.05, 4.69) is 15.9 Å². The van der Waals surface area contributed by atoms with Crippen LogP contribution in [-0.2, 0) is 16.0 Å². The smallest absolute Gasteiger partial charge is 0.257 e. The first kappa shape index (κ1) is 14.6. The zero-order valence-electron chi connectivity index (χ0n) is 12.1. The first-order chi connectivity index (χ1) is 11.0. The maximum Gasteiger partial charge on any atom is 0.257 e. The van der Waals surface area contributed by atoms with Gasteiger partial charge in [0.2, 0.25) is 5.91 Å². The molecule has 2 unspecified atom stereocenters. The average molecular weight is 378 g/mol. The molecule has 2 heterocycles. The van der Waals surface area contributed by atoms with Crippen molar-refractivity contribution in [1.82, 2.24) is 4.90 Å². The molecule has 0 saturated carbocycles. The number of allylic oxidation sites excluding steroid dienone is 3. The van der Waals surface area contributed by atoms with Crippen molar-refractivity contribution in [3.63, 3.8) is 0 Å². The summed E-state index contributed by atoms with van der Waals surface area (Å²) in [6, 6.07) is 2.78. The molecule has 0 radical (unpaired) electrons. The van der Waals surface area contributed by atoms with Gasteiger partial charge in [0, 0.05) is 17.6 Å². The minimum atomic E-state index is -0.361. The molecule has 1 aliphatic carbocycles. The fourth-order valence-corrected chi connectivity index (χ4v) is 3.92. The zero-order chi connectivity index (χ0) is 16.1. The van der Waals surface area contributed by atoms with Crippen molar-refractivity contribution in [2.75, 3.05) is 6.54 Å². The topological polar surface area (TPSA) is 46.6 Å². The minimum Gasteiger partial charge on any atom is -0.487 e. The van der Waals surface area contributed by atoms with Crippen molar-refractivity contribution in [1.29, 1.82) is 0 Å². The Labute approximate surface area is 140 Å². The molecular weight excluding hydrogens is 365 g/mol. The predicted octanol–water partition coefficient (Wildman–Crippen LogP) is 2.76. The Balaban J connectivity index is 1.53. The molecule has 0 N–H and O–H groups in total. The van der Waals surface area contributed by atoms with Gasteiger partial charge in [0.15, 0.2) is 0 Å². The molecule has 1 aromatic rings. The van der Waals surface area contributed by atoms with Gasteiger partial charge in [0.1, 0.15) is 17.7 Å². The van der Waals surface area contributed by atoms with Crippen LogP contribution in [-0.4, -0.2) is 29.4 Å². The van der Waals surface area contributed by atoms with Crippen LogP contribution in [0.5, 0.6) is 5.75 Å². The van der Waals surface area contributed by atoms with Crippen LogP contribution in [0.3, 0.4) is 0 Å². The first-order valence-corrected chi connectivity index (χ1v) is 8.21. The summed E-state index contributed by atoms with van der Waals surface area (Å²) in [6.45, 7) is 0.189. The van der Waals surface area contributed by atoms with Gasteiger partial charge in [-0.2, -0.15) is 0 Å². The maximum atomic E-state index is 13.5. The zero-order valence-corrected chi connectivity index (χ0v) is 13.7. The van der Waals surface area contributed by atoms with Gasteiger partial charge in [-0.3, -0.25) is 14.5 Å². The first-order valence-electron chi connectivity index (χ1n) is 7.41. The van der Waals surface area contributed by atoms with Gasteiger partial charge in [-0.25, -0.2) is 4.39 Å². The van der Waals surface area contributed by atoms with Crippen LogP contribution in [0.1, 0.15) is 12.0 Å². The third-order valence-corrected chi connectivity index (χ3v) is 5.01. The molecule has 118 valence electrons. The summed E-state index contributed by atoms with van der Waals surface area (Å²) in [5.41, 5.74) is 1.31.